The molecule has 1 aromatic carbocycles. The van der Waals surface area contributed by atoms with Crippen molar-refractivity contribution in [3.63, 3.8) is 0 Å². The Morgan fingerprint density at radius 1 is 1.14 bits per heavy atom. The number of aromatic nitrogens is 2. The molecule has 0 atom stereocenters. The summed E-state index contributed by atoms with van der Waals surface area (Å²) in [4.78, 5) is 14.3. The lowest BCUT2D eigenvalue weighted by Gasteiger charge is -2.27. The molecule has 0 radical (unpaired) electrons. The van der Waals surface area contributed by atoms with Crippen LogP contribution in [0.4, 0.5) is 0 Å². The van der Waals surface area contributed by atoms with Gasteiger partial charge in [-0.15, -0.1) is 10.2 Å². The zero-order chi connectivity index (χ0) is 14.7. The molecule has 2 heterocycles. The van der Waals surface area contributed by atoms with Crippen LogP contribution in [0.5, 0.6) is 0 Å². The van der Waals surface area contributed by atoms with E-state index in [1.165, 1.54) is 0 Å². The Morgan fingerprint density at radius 3 is 2.52 bits per heavy atom. The first-order valence-electron chi connectivity index (χ1n) is 7.15. The lowest BCUT2D eigenvalue weighted by Crippen LogP contribution is -2.46. The van der Waals surface area contributed by atoms with Crippen molar-refractivity contribution in [3.05, 3.63) is 47.7 Å². The van der Waals surface area contributed by atoms with Gasteiger partial charge in [0.1, 0.15) is 0 Å². The summed E-state index contributed by atoms with van der Waals surface area (Å²) in [5.74, 6) is -0.0267. The highest BCUT2D eigenvalue weighted by molar-refractivity contribution is 5.93. The summed E-state index contributed by atoms with van der Waals surface area (Å²) in [5.41, 5.74) is 3.13. The molecule has 5 nitrogen and oxygen atoms in total. The average molecular weight is 282 g/mol. The Bertz CT molecular complexity index is 636. The van der Waals surface area contributed by atoms with E-state index in [1.807, 2.05) is 48.2 Å². The third kappa shape index (κ3) is 2.92. The van der Waals surface area contributed by atoms with Crippen molar-refractivity contribution in [2.24, 2.45) is 0 Å². The Balaban J connectivity index is 1.86. The summed E-state index contributed by atoms with van der Waals surface area (Å²) in [5, 5.41) is 11.6. The monoisotopic (exact) mass is 282 g/mol. The summed E-state index contributed by atoms with van der Waals surface area (Å²) >= 11 is 0. The van der Waals surface area contributed by atoms with E-state index in [0.29, 0.717) is 5.69 Å². The molecule has 2 aromatic rings. The van der Waals surface area contributed by atoms with Gasteiger partial charge in [0.05, 0.1) is 5.69 Å². The topological polar surface area (TPSA) is 58.1 Å². The Morgan fingerprint density at radius 2 is 1.86 bits per heavy atom. The number of nitrogens with one attached hydrogen (secondary N) is 1. The first kappa shape index (κ1) is 13.7. The van der Waals surface area contributed by atoms with Gasteiger partial charge < -0.3 is 10.2 Å². The van der Waals surface area contributed by atoms with Crippen LogP contribution in [0.25, 0.3) is 11.3 Å². The van der Waals surface area contributed by atoms with Crippen molar-refractivity contribution < 1.29 is 4.79 Å². The molecule has 1 fully saturated rings. The van der Waals surface area contributed by atoms with E-state index in [0.717, 1.165) is 43.0 Å². The van der Waals surface area contributed by atoms with E-state index in [2.05, 4.69) is 15.5 Å². The highest BCUT2D eigenvalue weighted by Crippen LogP contribution is 2.18. The molecule has 1 amide bonds. The molecule has 5 heteroatoms. The zero-order valence-corrected chi connectivity index (χ0v) is 12.0. The number of aryl methyl sites for hydroxylation is 1. The van der Waals surface area contributed by atoms with E-state index in [-0.39, 0.29) is 5.91 Å². The summed E-state index contributed by atoms with van der Waals surface area (Å²) in [6.07, 6.45) is 0. The molecule has 0 bridgehead atoms. The number of piperazine rings is 1. The van der Waals surface area contributed by atoms with Crippen LogP contribution in [0, 0.1) is 6.92 Å². The van der Waals surface area contributed by atoms with Gasteiger partial charge in [0, 0.05) is 31.7 Å². The predicted molar refractivity (Wildman–Crippen MR) is 81.0 cm³/mol. The van der Waals surface area contributed by atoms with Crippen LogP contribution >= 0.6 is 0 Å². The van der Waals surface area contributed by atoms with Gasteiger partial charge in [-0.3, -0.25) is 4.79 Å². The van der Waals surface area contributed by atoms with Crippen molar-refractivity contribution >= 4 is 5.91 Å². The van der Waals surface area contributed by atoms with Crippen molar-refractivity contribution in [2.45, 2.75) is 6.92 Å². The SMILES string of the molecule is Cc1cc(-c2ccccc2)nnc1C(=O)N1CCNCC1. The highest BCUT2D eigenvalue weighted by atomic mass is 16.2. The standard InChI is InChI=1S/C16H18N4O/c1-12-11-14(13-5-3-2-4-6-13)18-19-15(12)16(21)20-9-7-17-8-10-20/h2-6,11,17H,7-10H2,1H3. The Hall–Kier alpha value is -2.27. The van der Waals surface area contributed by atoms with E-state index < -0.39 is 0 Å². The number of nitrogens with zero attached hydrogens (tertiary/aromatic N) is 3. The molecule has 1 saturated heterocycles. The molecule has 3 rings (SSSR count). The third-order valence-electron chi connectivity index (χ3n) is 3.66. The number of rotatable bonds is 2. The summed E-state index contributed by atoms with van der Waals surface area (Å²) in [6, 6.07) is 11.8. The number of carbonyl (C=O) groups is 1. The lowest BCUT2D eigenvalue weighted by molar-refractivity contribution is 0.0728. The number of hydrogen-bond donors (Lipinski definition) is 1. The van der Waals surface area contributed by atoms with Crippen LogP contribution in [0.1, 0.15) is 16.1 Å². The fraction of sp³-hybridized carbons (Fsp3) is 0.312. The first-order chi connectivity index (χ1) is 10.3. The highest BCUT2D eigenvalue weighted by Gasteiger charge is 2.21. The van der Waals surface area contributed by atoms with Crippen molar-refractivity contribution in [3.8, 4) is 11.3 Å². The van der Waals surface area contributed by atoms with Gasteiger partial charge in [0.25, 0.3) is 5.91 Å². The van der Waals surface area contributed by atoms with Crippen LogP contribution in [0.3, 0.4) is 0 Å². The van der Waals surface area contributed by atoms with Crippen LogP contribution in [-0.4, -0.2) is 47.2 Å². The van der Waals surface area contributed by atoms with Crippen molar-refractivity contribution in [1.82, 2.24) is 20.4 Å². The minimum Gasteiger partial charge on any atom is -0.335 e. The maximum Gasteiger partial charge on any atom is 0.274 e. The normalized spacial score (nSPS) is 15.0. The molecular weight excluding hydrogens is 264 g/mol. The Labute approximate surface area is 124 Å². The van der Waals surface area contributed by atoms with Gasteiger partial charge in [-0.05, 0) is 18.6 Å². The first-order valence-corrected chi connectivity index (χ1v) is 7.15. The second-order valence-electron chi connectivity index (χ2n) is 5.17. The third-order valence-corrected chi connectivity index (χ3v) is 3.66. The molecule has 1 aliphatic rings. The van der Waals surface area contributed by atoms with E-state index in [9.17, 15) is 4.79 Å². The maximum absolute atomic E-state index is 12.5. The molecule has 1 aromatic heterocycles. The average Bonchev–Trinajstić information content (AvgIpc) is 2.56. The lowest BCUT2D eigenvalue weighted by atomic mass is 10.1. The molecule has 0 saturated carbocycles. The van der Waals surface area contributed by atoms with Crippen molar-refractivity contribution in [1.29, 1.82) is 0 Å². The number of amides is 1. The van der Waals surface area contributed by atoms with E-state index >= 15 is 0 Å². The van der Waals surface area contributed by atoms with Gasteiger partial charge in [0.15, 0.2) is 5.69 Å². The van der Waals surface area contributed by atoms with E-state index in [1.54, 1.807) is 0 Å². The fourth-order valence-corrected chi connectivity index (χ4v) is 2.46. The molecule has 108 valence electrons. The van der Waals surface area contributed by atoms with Crippen molar-refractivity contribution in [2.75, 3.05) is 26.2 Å². The molecule has 1 aliphatic heterocycles. The second-order valence-corrected chi connectivity index (χ2v) is 5.17. The molecule has 0 aliphatic carbocycles. The largest absolute Gasteiger partial charge is 0.335 e. The molecule has 1 N–H and O–H groups in total. The van der Waals surface area contributed by atoms with Crippen LogP contribution in [-0.2, 0) is 0 Å². The fourth-order valence-electron chi connectivity index (χ4n) is 2.46. The smallest absolute Gasteiger partial charge is 0.274 e. The van der Waals surface area contributed by atoms with Gasteiger partial charge >= 0.3 is 0 Å². The van der Waals surface area contributed by atoms with Gasteiger partial charge in [-0.1, -0.05) is 30.3 Å². The number of hydrogen-bond acceptors (Lipinski definition) is 4. The predicted octanol–water partition coefficient (Wildman–Crippen LogP) is 1.50. The summed E-state index contributed by atoms with van der Waals surface area (Å²) < 4.78 is 0. The van der Waals surface area contributed by atoms with Crippen LogP contribution in [0.15, 0.2) is 36.4 Å². The molecule has 21 heavy (non-hydrogen) atoms. The number of carbonyl (C=O) groups excluding carboxylic acids is 1. The second kappa shape index (κ2) is 6.01. The molecular formula is C16H18N4O. The summed E-state index contributed by atoms with van der Waals surface area (Å²) in [6.45, 7) is 5.03. The minimum absolute atomic E-state index is 0.0267. The molecule has 0 spiro atoms. The van der Waals surface area contributed by atoms with E-state index in [4.69, 9.17) is 0 Å². The Kier molecular flexibility index (Phi) is 3.92. The summed E-state index contributed by atoms with van der Waals surface area (Å²) in [7, 11) is 0. The van der Waals surface area contributed by atoms with Crippen LogP contribution < -0.4 is 5.32 Å². The van der Waals surface area contributed by atoms with Gasteiger partial charge in [-0.25, -0.2) is 0 Å². The zero-order valence-electron chi connectivity index (χ0n) is 12.0. The minimum atomic E-state index is -0.0267. The van der Waals surface area contributed by atoms with Gasteiger partial charge in [-0.2, -0.15) is 0 Å². The van der Waals surface area contributed by atoms with Gasteiger partial charge in [0.2, 0.25) is 0 Å². The number of benzene rings is 1. The maximum atomic E-state index is 12.5. The quantitative estimate of drug-likeness (QED) is 0.907. The molecule has 0 unspecified atom stereocenters. The van der Waals surface area contributed by atoms with Crippen LogP contribution in [0.2, 0.25) is 0 Å².